The van der Waals surface area contributed by atoms with E-state index in [1.165, 1.54) is 0 Å². The number of aryl methyl sites for hydroxylation is 1. The van der Waals surface area contributed by atoms with Crippen LogP contribution < -0.4 is 4.74 Å². The molecule has 0 amide bonds. The summed E-state index contributed by atoms with van der Waals surface area (Å²) in [7, 11) is 0. The van der Waals surface area contributed by atoms with Crippen LogP contribution in [0.5, 0.6) is 5.75 Å². The van der Waals surface area contributed by atoms with Gasteiger partial charge in [-0.05, 0) is 43.7 Å². The predicted octanol–water partition coefficient (Wildman–Crippen LogP) is 5.32. The van der Waals surface area contributed by atoms with Crippen molar-refractivity contribution in [1.82, 2.24) is 4.98 Å². The number of hydrogen-bond acceptors (Lipinski definition) is 7. The number of esters is 1. The Morgan fingerprint density at radius 1 is 1.06 bits per heavy atom. The van der Waals surface area contributed by atoms with Gasteiger partial charge in [0, 0.05) is 11.5 Å². The van der Waals surface area contributed by atoms with Crippen LogP contribution in [0.25, 0.3) is 11.5 Å². The molecular formula is C25H28N2O5. The zero-order chi connectivity index (χ0) is 22.9. The highest BCUT2D eigenvalue weighted by Gasteiger charge is 2.17. The summed E-state index contributed by atoms with van der Waals surface area (Å²) in [5.74, 6) is 1.47. The molecule has 0 radical (unpaired) electrons. The van der Waals surface area contributed by atoms with Crippen LogP contribution in [0.2, 0.25) is 0 Å². The summed E-state index contributed by atoms with van der Waals surface area (Å²) in [5.41, 5.74) is 2.85. The zero-order valence-electron chi connectivity index (χ0n) is 18.8. The second-order valence-corrected chi connectivity index (χ2v) is 7.45. The van der Waals surface area contributed by atoms with Crippen molar-refractivity contribution in [2.45, 2.75) is 40.9 Å². The number of rotatable bonds is 10. The lowest BCUT2D eigenvalue weighted by Gasteiger charge is -2.09. The van der Waals surface area contributed by atoms with E-state index in [4.69, 9.17) is 18.7 Å². The van der Waals surface area contributed by atoms with Crippen LogP contribution >= 0.6 is 0 Å². The van der Waals surface area contributed by atoms with Crippen molar-refractivity contribution in [2.24, 2.45) is 11.1 Å². The number of ether oxygens (including phenoxy) is 2. The van der Waals surface area contributed by atoms with Gasteiger partial charge in [0.1, 0.15) is 30.4 Å². The number of benzene rings is 2. The molecule has 168 valence electrons. The number of hydrogen-bond donors (Lipinski definition) is 0. The van der Waals surface area contributed by atoms with Gasteiger partial charge in [0.2, 0.25) is 5.89 Å². The normalized spacial score (nSPS) is 11.5. The Morgan fingerprint density at radius 2 is 1.78 bits per heavy atom. The molecule has 0 spiro atoms. The number of carbonyl (C=O) groups is 1. The molecule has 3 aromatic rings. The van der Waals surface area contributed by atoms with Crippen LogP contribution in [-0.2, 0) is 27.6 Å². The van der Waals surface area contributed by atoms with E-state index < -0.39 is 5.97 Å². The van der Waals surface area contributed by atoms with Crippen LogP contribution in [-0.4, -0.2) is 23.3 Å². The molecule has 0 aliphatic heterocycles. The van der Waals surface area contributed by atoms with Gasteiger partial charge in [-0.15, -0.1) is 0 Å². The zero-order valence-corrected chi connectivity index (χ0v) is 18.8. The fourth-order valence-electron chi connectivity index (χ4n) is 2.86. The molecule has 0 atom stereocenters. The van der Waals surface area contributed by atoms with E-state index in [0.29, 0.717) is 24.9 Å². The van der Waals surface area contributed by atoms with Crippen LogP contribution in [0, 0.1) is 12.8 Å². The molecule has 7 heteroatoms. The lowest BCUT2D eigenvalue weighted by atomic mass is 10.1. The third-order valence-electron chi connectivity index (χ3n) is 4.64. The fourth-order valence-corrected chi connectivity index (χ4v) is 2.86. The van der Waals surface area contributed by atoms with Gasteiger partial charge in [0.15, 0.2) is 5.71 Å². The standard InChI is InChI=1S/C25H28N2O5/c1-5-29-25(28)23(17(2)3)27-31-15-19-11-13-21(14-12-19)30-16-22-18(4)32-24(26-22)20-9-7-6-8-10-20/h6-14,17H,5,15-16H2,1-4H3/b27-23-. The molecule has 1 heterocycles. The molecule has 0 N–H and O–H groups in total. The highest BCUT2D eigenvalue weighted by molar-refractivity contribution is 6.36. The van der Waals surface area contributed by atoms with Crippen LogP contribution in [0.15, 0.2) is 64.2 Å². The highest BCUT2D eigenvalue weighted by atomic mass is 16.6. The van der Waals surface area contributed by atoms with E-state index in [-0.39, 0.29) is 18.2 Å². The van der Waals surface area contributed by atoms with Gasteiger partial charge in [-0.2, -0.15) is 0 Å². The van der Waals surface area contributed by atoms with E-state index in [9.17, 15) is 4.79 Å². The second kappa shape index (κ2) is 11.1. The summed E-state index contributed by atoms with van der Waals surface area (Å²) in [4.78, 5) is 21.8. The third kappa shape index (κ3) is 6.20. The van der Waals surface area contributed by atoms with E-state index in [1.54, 1.807) is 6.92 Å². The van der Waals surface area contributed by atoms with Crippen molar-refractivity contribution in [3.8, 4) is 17.2 Å². The van der Waals surface area contributed by atoms with Gasteiger partial charge < -0.3 is 18.7 Å². The minimum atomic E-state index is -0.454. The maximum Gasteiger partial charge on any atom is 0.356 e. The maximum absolute atomic E-state index is 11.9. The van der Waals surface area contributed by atoms with Crippen molar-refractivity contribution in [1.29, 1.82) is 0 Å². The first-order chi connectivity index (χ1) is 15.5. The Balaban J connectivity index is 1.55. The topological polar surface area (TPSA) is 83.2 Å². The van der Waals surface area contributed by atoms with Gasteiger partial charge in [-0.3, -0.25) is 0 Å². The van der Waals surface area contributed by atoms with Crippen molar-refractivity contribution in [2.75, 3.05) is 6.61 Å². The molecule has 0 aliphatic carbocycles. The van der Waals surface area contributed by atoms with Gasteiger partial charge in [-0.1, -0.05) is 49.3 Å². The number of oxazole rings is 1. The number of aromatic nitrogens is 1. The average molecular weight is 437 g/mol. The maximum atomic E-state index is 11.9. The summed E-state index contributed by atoms with van der Waals surface area (Å²) in [6.45, 7) is 8.20. The molecule has 0 saturated carbocycles. The third-order valence-corrected chi connectivity index (χ3v) is 4.64. The molecule has 0 bridgehead atoms. The summed E-state index contributed by atoms with van der Waals surface area (Å²) in [6.07, 6.45) is 0. The van der Waals surface area contributed by atoms with E-state index in [0.717, 1.165) is 22.6 Å². The van der Waals surface area contributed by atoms with Crippen LogP contribution in [0.4, 0.5) is 0 Å². The Labute approximate surface area is 188 Å². The van der Waals surface area contributed by atoms with Crippen molar-refractivity contribution >= 4 is 11.7 Å². The molecule has 2 aromatic carbocycles. The SMILES string of the molecule is CCOC(=O)/C(=N\OCc1ccc(OCc2nc(-c3ccccc3)oc2C)cc1)C(C)C. The quantitative estimate of drug-likeness (QED) is 0.243. The number of nitrogens with zero attached hydrogens (tertiary/aromatic N) is 2. The van der Waals surface area contributed by atoms with Crippen molar-refractivity contribution in [3.05, 3.63) is 71.6 Å². The molecule has 32 heavy (non-hydrogen) atoms. The van der Waals surface area contributed by atoms with E-state index in [1.807, 2.05) is 75.4 Å². The first-order valence-electron chi connectivity index (χ1n) is 10.6. The molecule has 0 fully saturated rings. The van der Waals surface area contributed by atoms with Crippen molar-refractivity contribution < 1.29 is 23.5 Å². The van der Waals surface area contributed by atoms with Crippen molar-refractivity contribution in [3.63, 3.8) is 0 Å². The van der Waals surface area contributed by atoms with Gasteiger partial charge in [0.05, 0.1) is 6.61 Å². The van der Waals surface area contributed by atoms with Gasteiger partial charge in [0.25, 0.3) is 0 Å². The molecule has 0 unspecified atom stereocenters. The predicted molar refractivity (Wildman–Crippen MR) is 121 cm³/mol. The van der Waals surface area contributed by atoms with E-state index in [2.05, 4.69) is 10.1 Å². The average Bonchev–Trinajstić information content (AvgIpc) is 3.17. The second-order valence-electron chi connectivity index (χ2n) is 7.45. The highest BCUT2D eigenvalue weighted by Crippen LogP contribution is 2.23. The Kier molecular flexibility index (Phi) is 8.02. The Bertz CT molecular complexity index is 1040. The monoisotopic (exact) mass is 436 g/mol. The summed E-state index contributed by atoms with van der Waals surface area (Å²) in [5, 5.41) is 3.96. The van der Waals surface area contributed by atoms with Crippen LogP contribution in [0.1, 0.15) is 37.8 Å². The Hall–Kier alpha value is -3.61. The van der Waals surface area contributed by atoms with Gasteiger partial charge >= 0.3 is 5.97 Å². The lowest BCUT2D eigenvalue weighted by Crippen LogP contribution is -2.23. The molecule has 0 saturated heterocycles. The smallest absolute Gasteiger partial charge is 0.356 e. The summed E-state index contributed by atoms with van der Waals surface area (Å²) in [6, 6.07) is 17.2. The van der Waals surface area contributed by atoms with Gasteiger partial charge in [-0.25, -0.2) is 9.78 Å². The molecule has 0 aliphatic rings. The fraction of sp³-hybridized carbons (Fsp3) is 0.320. The number of carbonyl (C=O) groups excluding carboxylic acids is 1. The van der Waals surface area contributed by atoms with Crippen LogP contribution in [0.3, 0.4) is 0 Å². The lowest BCUT2D eigenvalue weighted by molar-refractivity contribution is -0.135. The Morgan fingerprint density at radius 3 is 2.44 bits per heavy atom. The number of oxime groups is 1. The first kappa shape index (κ1) is 23.1. The largest absolute Gasteiger partial charge is 0.487 e. The summed E-state index contributed by atoms with van der Waals surface area (Å²) >= 11 is 0. The molecule has 7 nitrogen and oxygen atoms in total. The molecular weight excluding hydrogens is 408 g/mol. The minimum Gasteiger partial charge on any atom is -0.487 e. The minimum absolute atomic E-state index is 0.0905. The van der Waals surface area contributed by atoms with E-state index >= 15 is 0 Å². The first-order valence-corrected chi connectivity index (χ1v) is 10.6. The molecule has 3 rings (SSSR count). The molecule has 1 aromatic heterocycles. The summed E-state index contributed by atoms with van der Waals surface area (Å²) < 4.78 is 16.6.